The highest BCUT2D eigenvalue weighted by molar-refractivity contribution is 5.96. The maximum Gasteiger partial charge on any atom is 0.341 e. The highest BCUT2D eigenvalue weighted by Crippen LogP contribution is 2.22. The number of benzene rings is 1. The lowest BCUT2D eigenvalue weighted by molar-refractivity contribution is -0.385. The van der Waals surface area contributed by atoms with Gasteiger partial charge in [-0.25, -0.2) is 14.0 Å². The summed E-state index contributed by atoms with van der Waals surface area (Å²) in [7, 11) is 0.945. The van der Waals surface area contributed by atoms with Crippen molar-refractivity contribution in [2.24, 2.45) is 0 Å². The van der Waals surface area contributed by atoms with Gasteiger partial charge in [0.15, 0.2) is 5.82 Å². The second-order valence-corrected chi connectivity index (χ2v) is 2.91. The molecule has 0 radical (unpaired) electrons. The van der Waals surface area contributed by atoms with E-state index < -0.39 is 39.5 Å². The van der Waals surface area contributed by atoms with Crippen LogP contribution in [0.5, 0.6) is 0 Å². The van der Waals surface area contributed by atoms with E-state index in [0.717, 1.165) is 7.11 Å². The van der Waals surface area contributed by atoms with E-state index in [1.807, 2.05) is 0 Å². The molecule has 1 aromatic carbocycles. The van der Waals surface area contributed by atoms with Crippen molar-refractivity contribution < 1.29 is 28.7 Å². The van der Waals surface area contributed by atoms with Crippen LogP contribution < -0.4 is 0 Å². The first-order valence-corrected chi connectivity index (χ1v) is 4.18. The Balaban J connectivity index is 3.54. The Morgan fingerprint density at radius 3 is 2.35 bits per heavy atom. The quantitative estimate of drug-likeness (QED) is 0.485. The fourth-order valence-corrected chi connectivity index (χ4v) is 1.13. The molecule has 1 N–H and O–H groups in total. The number of nitro benzene ring substituents is 1. The Morgan fingerprint density at radius 1 is 1.41 bits per heavy atom. The molecule has 0 saturated carbocycles. The van der Waals surface area contributed by atoms with Crippen LogP contribution in [0.15, 0.2) is 12.1 Å². The van der Waals surface area contributed by atoms with Crippen molar-refractivity contribution in [1.29, 1.82) is 0 Å². The molecule has 0 spiro atoms. The highest BCUT2D eigenvalue weighted by atomic mass is 19.1. The predicted molar refractivity (Wildman–Crippen MR) is 51.4 cm³/mol. The number of methoxy groups -OCH3 is 1. The van der Waals surface area contributed by atoms with Gasteiger partial charge in [-0.15, -0.1) is 0 Å². The van der Waals surface area contributed by atoms with Crippen LogP contribution >= 0.6 is 0 Å². The molecular weight excluding hydrogens is 237 g/mol. The Kier molecular flexibility index (Phi) is 3.37. The van der Waals surface area contributed by atoms with Gasteiger partial charge >= 0.3 is 11.9 Å². The molecule has 17 heavy (non-hydrogen) atoms. The van der Waals surface area contributed by atoms with E-state index in [4.69, 9.17) is 5.11 Å². The number of halogens is 1. The zero-order chi connectivity index (χ0) is 13.2. The Hall–Kier alpha value is -2.51. The maximum atomic E-state index is 13.5. The predicted octanol–water partition coefficient (Wildman–Crippen LogP) is 1.22. The SMILES string of the molecule is COC(=O)c1cc([N+](=O)[O-])cc(C(=O)O)c1F. The molecule has 0 heterocycles. The first kappa shape index (κ1) is 12.6. The second kappa shape index (κ2) is 4.56. The third-order valence-electron chi connectivity index (χ3n) is 1.90. The van der Waals surface area contributed by atoms with Crippen molar-refractivity contribution in [2.45, 2.75) is 0 Å². The molecule has 0 atom stereocenters. The molecule has 0 saturated heterocycles. The number of non-ortho nitro benzene ring substituents is 1. The number of carboxylic acid groups (broad SMARTS) is 1. The average Bonchev–Trinajstić information content (AvgIpc) is 2.27. The maximum absolute atomic E-state index is 13.5. The smallest absolute Gasteiger partial charge is 0.341 e. The summed E-state index contributed by atoms with van der Waals surface area (Å²) in [6.07, 6.45) is 0. The van der Waals surface area contributed by atoms with Crippen molar-refractivity contribution in [2.75, 3.05) is 7.11 Å². The van der Waals surface area contributed by atoms with Crippen LogP contribution in [0, 0.1) is 15.9 Å². The van der Waals surface area contributed by atoms with E-state index in [0.29, 0.717) is 12.1 Å². The van der Waals surface area contributed by atoms with Gasteiger partial charge in [0.25, 0.3) is 5.69 Å². The summed E-state index contributed by atoms with van der Waals surface area (Å²) < 4.78 is 17.7. The second-order valence-electron chi connectivity index (χ2n) is 2.91. The summed E-state index contributed by atoms with van der Waals surface area (Å²) in [6.45, 7) is 0. The summed E-state index contributed by atoms with van der Waals surface area (Å²) in [6, 6.07) is 1.15. The first-order chi connectivity index (χ1) is 7.88. The minimum atomic E-state index is -1.71. The molecule has 0 aliphatic heterocycles. The molecule has 90 valence electrons. The number of hydrogen-bond acceptors (Lipinski definition) is 5. The minimum absolute atomic E-state index is 0.532. The number of carbonyl (C=O) groups is 2. The number of esters is 1. The monoisotopic (exact) mass is 243 g/mol. The van der Waals surface area contributed by atoms with Crippen molar-refractivity contribution >= 4 is 17.6 Å². The number of carbonyl (C=O) groups excluding carboxylic acids is 1. The number of nitro groups is 1. The van der Waals surface area contributed by atoms with Gasteiger partial charge in [-0.3, -0.25) is 10.1 Å². The molecule has 0 amide bonds. The van der Waals surface area contributed by atoms with Crippen LogP contribution in [0.25, 0.3) is 0 Å². The minimum Gasteiger partial charge on any atom is -0.478 e. The van der Waals surface area contributed by atoms with Crippen molar-refractivity contribution in [3.8, 4) is 0 Å². The van der Waals surface area contributed by atoms with Crippen LogP contribution in [0.1, 0.15) is 20.7 Å². The van der Waals surface area contributed by atoms with Gasteiger partial charge in [0.1, 0.15) is 11.1 Å². The van der Waals surface area contributed by atoms with Crippen LogP contribution in [0.4, 0.5) is 10.1 Å². The van der Waals surface area contributed by atoms with Gasteiger partial charge < -0.3 is 9.84 Å². The van der Waals surface area contributed by atoms with Gasteiger partial charge in [0, 0.05) is 12.1 Å². The summed E-state index contributed by atoms with van der Waals surface area (Å²) in [4.78, 5) is 31.3. The summed E-state index contributed by atoms with van der Waals surface area (Å²) in [5.41, 5.74) is -2.46. The topological polar surface area (TPSA) is 107 Å². The van der Waals surface area contributed by atoms with E-state index in [9.17, 15) is 24.1 Å². The van der Waals surface area contributed by atoms with Crippen LogP contribution in [0.3, 0.4) is 0 Å². The molecule has 0 fully saturated rings. The van der Waals surface area contributed by atoms with E-state index >= 15 is 0 Å². The average molecular weight is 243 g/mol. The van der Waals surface area contributed by atoms with E-state index in [-0.39, 0.29) is 0 Å². The zero-order valence-electron chi connectivity index (χ0n) is 8.47. The number of rotatable bonds is 3. The molecular formula is C9H6FNO6. The Bertz CT molecular complexity index is 512. The molecule has 0 aliphatic rings. The first-order valence-electron chi connectivity index (χ1n) is 4.18. The van der Waals surface area contributed by atoms with Crippen molar-refractivity contribution in [3.05, 3.63) is 39.2 Å². The Morgan fingerprint density at radius 2 is 1.94 bits per heavy atom. The number of nitrogens with zero attached hydrogens (tertiary/aromatic N) is 1. The molecule has 0 bridgehead atoms. The Labute approximate surface area is 93.6 Å². The number of aromatic carboxylic acids is 1. The number of carboxylic acids is 1. The van der Waals surface area contributed by atoms with Gasteiger partial charge in [0.05, 0.1) is 12.0 Å². The third kappa shape index (κ3) is 2.36. The third-order valence-corrected chi connectivity index (χ3v) is 1.90. The van der Waals surface area contributed by atoms with Crippen molar-refractivity contribution in [3.63, 3.8) is 0 Å². The molecule has 1 aromatic rings. The molecule has 7 nitrogen and oxygen atoms in total. The summed E-state index contributed by atoms with van der Waals surface area (Å²) >= 11 is 0. The van der Waals surface area contributed by atoms with E-state index in [1.165, 1.54) is 0 Å². The fraction of sp³-hybridized carbons (Fsp3) is 0.111. The summed E-state index contributed by atoms with van der Waals surface area (Å²) in [5.74, 6) is -4.26. The lowest BCUT2D eigenvalue weighted by atomic mass is 10.1. The summed E-state index contributed by atoms with van der Waals surface area (Å²) in [5, 5.41) is 19.1. The standard InChI is InChI=1S/C9H6FNO6/c1-17-9(14)6-3-4(11(15)16)2-5(7(6)10)8(12)13/h2-3H,1H3,(H,12,13). The molecule has 0 unspecified atom stereocenters. The fourth-order valence-electron chi connectivity index (χ4n) is 1.13. The molecule has 0 aromatic heterocycles. The zero-order valence-corrected chi connectivity index (χ0v) is 8.47. The van der Waals surface area contributed by atoms with Gasteiger partial charge in [-0.1, -0.05) is 0 Å². The molecule has 1 rings (SSSR count). The largest absolute Gasteiger partial charge is 0.478 e. The van der Waals surface area contributed by atoms with Gasteiger partial charge in [0.2, 0.25) is 0 Å². The number of ether oxygens (including phenoxy) is 1. The lowest BCUT2D eigenvalue weighted by Gasteiger charge is -2.04. The normalized spacial score (nSPS) is 9.76. The van der Waals surface area contributed by atoms with Crippen LogP contribution in [-0.2, 0) is 4.74 Å². The molecule has 8 heteroatoms. The van der Waals surface area contributed by atoms with E-state index in [2.05, 4.69) is 4.74 Å². The van der Waals surface area contributed by atoms with Gasteiger partial charge in [-0.2, -0.15) is 0 Å². The van der Waals surface area contributed by atoms with Crippen molar-refractivity contribution in [1.82, 2.24) is 0 Å². The van der Waals surface area contributed by atoms with Crippen LogP contribution in [0.2, 0.25) is 0 Å². The lowest BCUT2D eigenvalue weighted by Crippen LogP contribution is -2.11. The van der Waals surface area contributed by atoms with E-state index in [1.54, 1.807) is 0 Å². The van der Waals surface area contributed by atoms with Gasteiger partial charge in [-0.05, 0) is 0 Å². The number of hydrogen-bond donors (Lipinski definition) is 1. The van der Waals surface area contributed by atoms with Crippen LogP contribution in [-0.4, -0.2) is 29.1 Å². The highest BCUT2D eigenvalue weighted by Gasteiger charge is 2.24. The molecule has 0 aliphatic carbocycles.